The first kappa shape index (κ1) is 37.0. The van der Waals surface area contributed by atoms with E-state index in [2.05, 4.69) is 240 Å². The maximum atomic E-state index is 7.02. The fourth-order valence-electron chi connectivity index (χ4n) is 10.6. The summed E-state index contributed by atoms with van der Waals surface area (Å²) in [5.74, 6) is 0. The lowest BCUT2D eigenvalue weighted by atomic mass is 9.97. The van der Waals surface area contributed by atoms with Gasteiger partial charge in [0.25, 0.3) is 0 Å². The van der Waals surface area contributed by atoms with Gasteiger partial charge in [-0.1, -0.05) is 164 Å². The molecule has 14 rings (SSSR count). The molecular formula is C62H38N2OS. The average molecular weight is 859 g/mol. The number of rotatable bonds is 6. The van der Waals surface area contributed by atoms with Gasteiger partial charge in [-0.3, -0.25) is 0 Å². The van der Waals surface area contributed by atoms with E-state index in [9.17, 15) is 0 Å². The van der Waals surface area contributed by atoms with Gasteiger partial charge >= 0.3 is 0 Å². The average Bonchev–Trinajstić information content (AvgIpc) is 4.06. The van der Waals surface area contributed by atoms with E-state index in [1.54, 1.807) is 0 Å². The highest BCUT2D eigenvalue weighted by atomic mass is 32.1. The molecule has 0 amide bonds. The quantitative estimate of drug-likeness (QED) is 0.166. The summed E-state index contributed by atoms with van der Waals surface area (Å²) in [6.07, 6.45) is 0. The van der Waals surface area contributed by atoms with Crippen LogP contribution in [0.25, 0.3) is 113 Å². The second-order valence-corrected chi connectivity index (χ2v) is 18.3. The van der Waals surface area contributed by atoms with Gasteiger partial charge in [-0.2, -0.15) is 0 Å². The SMILES string of the molecule is c1ccc2c(-c3ccc(N(c4ccc(-c5ccc6c(c5)sc5ccccc56)c5oc6ccccc6c45)c4cccc5c4c4ccccc4n5-c4cccc5ccccc45)cc3)cccc2c1. The predicted molar refractivity (Wildman–Crippen MR) is 282 cm³/mol. The van der Waals surface area contributed by atoms with Crippen LogP contribution in [0.3, 0.4) is 0 Å². The van der Waals surface area contributed by atoms with Crippen LogP contribution >= 0.6 is 11.3 Å². The van der Waals surface area contributed by atoms with Crippen molar-refractivity contribution in [1.82, 2.24) is 4.57 Å². The molecule has 3 heterocycles. The van der Waals surface area contributed by atoms with Crippen LogP contribution < -0.4 is 4.90 Å². The third-order valence-corrected chi connectivity index (χ3v) is 14.7. The van der Waals surface area contributed by atoms with Crippen LogP contribution in [0.5, 0.6) is 0 Å². The van der Waals surface area contributed by atoms with E-state index in [1.165, 1.54) is 63.6 Å². The minimum absolute atomic E-state index is 0.862. The Hall–Kier alpha value is -8.44. The van der Waals surface area contributed by atoms with Crippen molar-refractivity contribution in [2.24, 2.45) is 0 Å². The first-order valence-corrected chi connectivity index (χ1v) is 23.3. The van der Waals surface area contributed by atoms with Crippen LogP contribution in [-0.2, 0) is 0 Å². The molecule has 14 aromatic rings. The molecule has 0 saturated carbocycles. The molecule has 0 fully saturated rings. The molecule has 0 aliphatic carbocycles. The maximum absolute atomic E-state index is 7.02. The van der Waals surface area contributed by atoms with Crippen LogP contribution in [0.2, 0.25) is 0 Å². The summed E-state index contributed by atoms with van der Waals surface area (Å²) in [5, 5.41) is 12.0. The van der Waals surface area contributed by atoms with Crippen LogP contribution in [-0.4, -0.2) is 4.57 Å². The molecule has 11 aromatic carbocycles. The second-order valence-electron chi connectivity index (χ2n) is 17.2. The number of fused-ring (bicyclic) bond motifs is 11. The molecule has 308 valence electrons. The first-order chi connectivity index (χ1) is 32.7. The Balaban J connectivity index is 1.05. The van der Waals surface area contributed by atoms with Crippen LogP contribution in [0.1, 0.15) is 0 Å². The Labute approximate surface area is 384 Å². The number of furan rings is 1. The zero-order chi connectivity index (χ0) is 43.3. The molecule has 0 atom stereocenters. The van der Waals surface area contributed by atoms with Crippen molar-refractivity contribution < 1.29 is 4.42 Å². The molecule has 0 N–H and O–H groups in total. The van der Waals surface area contributed by atoms with Crippen molar-refractivity contribution in [3.63, 3.8) is 0 Å². The van der Waals surface area contributed by atoms with E-state index >= 15 is 0 Å². The zero-order valence-corrected chi connectivity index (χ0v) is 36.5. The van der Waals surface area contributed by atoms with Gasteiger partial charge < -0.3 is 13.9 Å². The molecule has 0 aliphatic heterocycles. The highest BCUT2D eigenvalue weighted by Crippen LogP contribution is 2.50. The number of hydrogen-bond donors (Lipinski definition) is 0. The van der Waals surface area contributed by atoms with E-state index < -0.39 is 0 Å². The number of para-hydroxylation sites is 2. The van der Waals surface area contributed by atoms with Gasteiger partial charge in [0.2, 0.25) is 0 Å². The molecule has 3 aromatic heterocycles. The second kappa shape index (κ2) is 14.5. The summed E-state index contributed by atoms with van der Waals surface area (Å²) < 4.78 is 12.0. The van der Waals surface area contributed by atoms with Gasteiger partial charge in [0.1, 0.15) is 11.2 Å². The van der Waals surface area contributed by atoms with E-state index in [0.29, 0.717) is 0 Å². The fourth-order valence-corrected chi connectivity index (χ4v) is 11.8. The van der Waals surface area contributed by atoms with Crippen molar-refractivity contribution >= 4 is 114 Å². The van der Waals surface area contributed by atoms with E-state index in [4.69, 9.17) is 4.42 Å². The van der Waals surface area contributed by atoms with Gasteiger partial charge in [0, 0.05) is 53.0 Å². The zero-order valence-electron chi connectivity index (χ0n) is 35.7. The number of nitrogens with zero attached hydrogens (tertiary/aromatic N) is 2. The summed E-state index contributed by atoms with van der Waals surface area (Å²) in [6, 6.07) is 84.0. The van der Waals surface area contributed by atoms with Gasteiger partial charge in [-0.05, 0) is 99.6 Å². The topological polar surface area (TPSA) is 21.3 Å². The molecular weight excluding hydrogens is 821 g/mol. The lowest BCUT2D eigenvalue weighted by molar-refractivity contribution is 0.670. The molecule has 3 nitrogen and oxygen atoms in total. The summed E-state index contributed by atoms with van der Waals surface area (Å²) in [5.41, 5.74) is 13.0. The third kappa shape index (κ3) is 5.55. The lowest BCUT2D eigenvalue weighted by Gasteiger charge is -2.28. The van der Waals surface area contributed by atoms with Gasteiger partial charge in [0.15, 0.2) is 0 Å². The van der Waals surface area contributed by atoms with Crippen LogP contribution in [0.4, 0.5) is 17.1 Å². The van der Waals surface area contributed by atoms with E-state index in [-0.39, 0.29) is 0 Å². The maximum Gasteiger partial charge on any atom is 0.145 e. The third-order valence-electron chi connectivity index (χ3n) is 13.6. The minimum Gasteiger partial charge on any atom is -0.455 e. The highest BCUT2D eigenvalue weighted by Gasteiger charge is 2.26. The summed E-state index contributed by atoms with van der Waals surface area (Å²) in [6.45, 7) is 0. The van der Waals surface area contributed by atoms with Crippen molar-refractivity contribution in [3.8, 4) is 27.9 Å². The number of thiophene rings is 1. The van der Waals surface area contributed by atoms with Crippen LogP contribution in [0, 0.1) is 0 Å². The first-order valence-electron chi connectivity index (χ1n) is 22.5. The fraction of sp³-hybridized carbons (Fsp3) is 0. The van der Waals surface area contributed by atoms with Crippen molar-refractivity contribution in [2.75, 3.05) is 4.90 Å². The summed E-state index contributed by atoms with van der Waals surface area (Å²) >= 11 is 1.85. The number of aromatic nitrogens is 1. The largest absolute Gasteiger partial charge is 0.455 e. The van der Waals surface area contributed by atoms with Gasteiger partial charge in [0.05, 0.1) is 33.5 Å². The molecule has 0 bridgehead atoms. The monoisotopic (exact) mass is 858 g/mol. The Morgan fingerprint density at radius 1 is 0.379 bits per heavy atom. The standard InChI is InChI=1S/C62H38N2OS/c1-3-18-44-39(14-1)16-11-23-45(44)41-30-33-43(34-31-41)63(54-26-13-27-55-60(54)50-21-5-8-24-53(50)64(55)52-25-12-17-40-15-2-4-19-46(40)52)56-37-36-47(62-61(56)51-22-6-9-28-57(51)65-62)42-32-35-49-48-20-7-10-29-58(48)66-59(49)38-42/h1-38H. The van der Waals surface area contributed by atoms with Gasteiger partial charge in [-0.25, -0.2) is 0 Å². The molecule has 0 saturated heterocycles. The normalized spacial score (nSPS) is 11.9. The highest BCUT2D eigenvalue weighted by molar-refractivity contribution is 7.25. The smallest absolute Gasteiger partial charge is 0.145 e. The molecule has 66 heavy (non-hydrogen) atoms. The van der Waals surface area contributed by atoms with E-state index in [0.717, 1.165) is 66.8 Å². The Kier molecular flexibility index (Phi) is 8.15. The number of benzene rings is 11. The van der Waals surface area contributed by atoms with E-state index in [1.807, 2.05) is 11.3 Å². The molecule has 4 heteroatoms. The number of anilines is 3. The minimum atomic E-state index is 0.862. The van der Waals surface area contributed by atoms with Crippen molar-refractivity contribution in [2.45, 2.75) is 0 Å². The Morgan fingerprint density at radius 2 is 1.00 bits per heavy atom. The van der Waals surface area contributed by atoms with Crippen molar-refractivity contribution in [1.29, 1.82) is 0 Å². The Morgan fingerprint density at radius 3 is 1.86 bits per heavy atom. The van der Waals surface area contributed by atoms with Gasteiger partial charge in [-0.15, -0.1) is 11.3 Å². The van der Waals surface area contributed by atoms with Crippen molar-refractivity contribution in [3.05, 3.63) is 231 Å². The number of hydrogen-bond acceptors (Lipinski definition) is 3. The van der Waals surface area contributed by atoms with Crippen LogP contribution in [0.15, 0.2) is 235 Å². The molecule has 0 radical (unpaired) electrons. The molecule has 0 aliphatic rings. The Bertz CT molecular complexity index is 4240. The summed E-state index contributed by atoms with van der Waals surface area (Å²) in [7, 11) is 0. The lowest BCUT2D eigenvalue weighted by Crippen LogP contribution is -2.11. The predicted octanol–water partition coefficient (Wildman–Crippen LogP) is 18.2. The molecule has 0 unspecified atom stereocenters. The summed E-state index contributed by atoms with van der Waals surface area (Å²) in [4.78, 5) is 2.47. The molecule has 0 spiro atoms.